The molecular formula is C13H24N2O2. The highest BCUT2D eigenvalue weighted by Crippen LogP contribution is 2.25. The topological polar surface area (TPSA) is 61.4 Å². The molecule has 0 radical (unpaired) electrons. The number of aliphatic hydroxyl groups is 1. The standard InChI is InChI=1S/C13H24N2O2/c1-9-7-10(5-6-14-9)13(17)15-8-11-3-2-4-12(11)16/h9-12,14,16H,2-8H2,1H3,(H,15,17). The summed E-state index contributed by atoms with van der Waals surface area (Å²) < 4.78 is 0. The van der Waals surface area contributed by atoms with Crippen LogP contribution in [0.25, 0.3) is 0 Å². The zero-order valence-corrected chi connectivity index (χ0v) is 10.6. The molecule has 2 rings (SSSR count). The third-order valence-electron chi connectivity index (χ3n) is 4.15. The predicted octanol–water partition coefficient (Wildman–Crippen LogP) is 0.652. The molecule has 4 heteroatoms. The molecule has 1 saturated carbocycles. The van der Waals surface area contributed by atoms with E-state index in [0.29, 0.717) is 12.6 Å². The Morgan fingerprint density at radius 3 is 2.88 bits per heavy atom. The van der Waals surface area contributed by atoms with Crippen molar-refractivity contribution in [3.8, 4) is 0 Å². The lowest BCUT2D eigenvalue weighted by molar-refractivity contribution is -0.126. The molecule has 0 aromatic heterocycles. The van der Waals surface area contributed by atoms with E-state index in [1.165, 1.54) is 0 Å². The Bertz CT molecular complexity index is 270. The first-order valence-corrected chi connectivity index (χ1v) is 6.86. The predicted molar refractivity (Wildman–Crippen MR) is 66.5 cm³/mol. The van der Waals surface area contributed by atoms with E-state index >= 15 is 0 Å². The molecule has 0 spiro atoms. The highest BCUT2D eigenvalue weighted by atomic mass is 16.3. The molecule has 2 aliphatic rings. The van der Waals surface area contributed by atoms with E-state index in [0.717, 1.165) is 38.6 Å². The molecule has 0 bridgehead atoms. The molecule has 1 saturated heterocycles. The summed E-state index contributed by atoms with van der Waals surface area (Å²) in [5.74, 6) is 0.611. The van der Waals surface area contributed by atoms with Crippen LogP contribution < -0.4 is 10.6 Å². The molecule has 0 aromatic rings. The minimum absolute atomic E-state index is 0.157. The lowest BCUT2D eigenvalue weighted by Crippen LogP contribution is -2.43. The van der Waals surface area contributed by atoms with Crippen LogP contribution in [-0.2, 0) is 4.79 Å². The summed E-state index contributed by atoms with van der Waals surface area (Å²) in [7, 11) is 0. The van der Waals surface area contributed by atoms with Crippen LogP contribution >= 0.6 is 0 Å². The molecule has 1 aliphatic carbocycles. The first-order valence-electron chi connectivity index (χ1n) is 6.86. The Morgan fingerprint density at radius 1 is 1.41 bits per heavy atom. The van der Waals surface area contributed by atoms with Gasteiger partial charge in [0.1, 0.15) is 0 Å². The molecule has 1 aliphatic heterocycles. The molecule has 0 aromatic carbocycles. The van der Waals surface area contributed by atoms with Crippen molar-refractivity contribution in [2.24, 2.45) is 11.8 Å². The van der Waals surface area contributed by atoms with Gasteiger partial charge in [-0.2, -0.15) is 0 Å². The van der Waals surface area contributed by atoms with Crippen LogP contribution in [0.4, 0.5) is 0 Å². The maximum absolute atomic E-state index is 12.0. The molecular weight excluding hydrogens is 216 g/mol. The molecule has 17 heavy (non-hydrogen) atoms. The fraction of sp³-hybridized carbons (Fsp3) is 0.923. The third-order valence-corrected chi connectivity index (χ3v) is 4.15. The smallest absolute Gasteiger partial charge is 0.223 e. The normalized spacial score (nSPS) is 38.0. The van der Waals surface area contributed by atoms with E-state index < -0.39 is 0 Å². The summed E-state index contributed by atoms with van der Waals surface area (Å²) in [6.45, 7) is 3.71. The second-order valence-electron chi connectivity index (χ2n) is 5.58. The molecule has 4 unspecified atom stereocenters. The Balaban J connectivity index is 1.73. The van der Waals surface area contributed by atoms with Gasteiger partial charge in [-0.15, -0.1) is 0 Å². The highest BCUT2D eigenvalue weighted by Gasteiger charge is 2.28. The van der Waals surface area contributed by atoms with Gasteiger partial charge in [0.25, 0.3) is 0 Å². The van der Waals surface area contributed by atoms with Gasteiger partial charge in [0.05, 0.1) is 6.10 Å². The van der Waals surface area contributed by atoms with Crippen LogP contribution in [0.5, 0.6) is 0 Å². The molecule has 1 amide bonds. The molecule has 2 fully saturated rings. The van der Waals surface area contributed by atoms with E-state index in [-0.39, 0.29) is 23.8 Å². The van der Waals surface area contributed by atoms with Gasteiger partial charge in [0, 0.05) is 24.4 Å². The number of piperidine rings is 1. The molecule has 4 nitrogen and oxygen atoms in total. The summed E-state index contributed by atoms with van der Waals surface area (Å²) >= 11 is 0. The zero-order chi connectivity index (χ0) is 12.3. The van der Waals surface area contributed by atoms with Gasteiger partial charge < -0.3 is 15.7 Å². The molecule has 1 heterocycles. The van der Waals surface area contributed by atoms with Crippen molar-refractivity contribution in [2.45, 2.75) is 51.2 Å². The van der Waals surface area contributed by atoms with Gasteiger partial charge in [-0.1, -0.05) is 6.42 Å². The van der Waals surface area contributed by atoms with Crippen LogP contribution in [0.1, 0.15) is 39.0 Å². The number of carbonyl (C=O) groups is 1. The molecule has 4 atom stereocenters. The van der Waals surface area contributed by atoms with Crippen LogP contribution in [0, 0.1) is 11.8 Å². The Morgan fingerprint density at radius 2 is 2.24 bits per heavy atom. The van der Waals surface area contributed by atoms with Crippen LogP contribution in [0.15, 0.2) is 0 Å². The monoisotopic (exact) mass is 240 g/mol. The van der Waals surface area contributed by atoms with Crippen LogP contribution in [-0.4, -0.2) is 36.2 Å². The Labute approximate surface area is 103 Å². The average Bonchev–Trinajstić information content (AvgIpc) is 2.72. The van der Waals surface area contributed by atoms with E-state index in [2.05, 4.69) is 17.6 Å². The number of amides is 1. The van der Waals surface area contributed by atoms with Gasteiger partial charge in [-0.3, -0.25) is 4.79 Å². The van der Waals surface area contributed by atoms with E-state index in [1.807, 2.05) is 0 Å². The van der Waals surface area contributed by atoms with Crippen molar-refractivity contribution in [1.29, 1.82) is 0 Å². The van der Waals surface area contributed by atoms with E-state index in [9.17, 15) is 9.90 Å². The van der Waals surface area contributed by atoms with Crippen molar-refractivity contribution in [3.63, 3.8) is 0 Å². The van der Waals surface area contributed by atoms with Crippen molar-refractivity contribution in [2.75, 3.05) is 13.1 Å². The molecule has 3 N–H and O–H groups in total. The van der Waals surface area contributed by atoms with E-state index in [4.69, 9.17) is 0 Å². The lowest BCUT2D eigenvalue weighted by Gasteiger charge is -2.27. The van der Waals surface area contributed by atoms with Gasteiger partial charge in [-0.05, 0) is 39.2 Å². The highest BCUT2D eigenvalue weighted by molar-refractivity contribution is 5.78. The second kappa shape index (κ2) is 5.83. The minimum atomic E-state index is -0.206. The second-order valence-corrected chi connectivity index (χ2v) is 5.58. The average molecular weight is 240 g/mol. The zero-order valence-electron chi connectivity index (χ0n) is 10.6. The summed E-state index contributed by atoms with van der Waals surface area (Å²) in [6.07, 6.45) is 4.69. The summed E-state index contributed by atoms with van der Waals surface area (Å²) in [5.41, 5.74) is 0. The van der Waals surface area contributed by atoms with Gasteiger partial charge in [0.15, 0.2) is 0 Å². The SMILES string of the molecule is CC1CC(C(=O)NCC2CCCC2O)CCN1. The fourth-order valence-electron chi connectivity index (χ4n) is 3.00. The van der Waals surface area contributed by atoms with E-state index in [1.54, 1.807) is 0 Å². The van der Waals surface area contributed by atoms with Crippen LogP contribution in [0.2, 0.25) is 0 Å². The minimum Gasteiger partial charge on any atom is -0.393 e. The lowest BCUT2D eigenvalue weighted by atomic mass is 9.92. The summed E-state index contributed by atoms with van der Waals surface area (Å²) in [5, 5.41) is 16.1. The maximum Gasteiger partial charge on any atom is 0.223 e. The van der Waals surface area contributed by atoms with Crippen molar-refractivity contribution < 1.29 is 9.90 Å². The van der Waals surface area contributed by atoms with Crippen molar-refractivity contribution in [1.82, 2.24) is 10.6 Å². The Hall–Kier alpha value is -0.610. The summed E-state index contributed by atoms with van der Waals surface area (Å²) in [4.78, 5) is 12.0. The third kappa shape index (κ3) is 3.42. The van der Waals surface area contributed by atoms with Gasteiger partial charge in [0.2, 0.25) is 5.91 Å². The van der Waals surface area contributed by atoms with Gasteiger partial charge in [-0.25, -0.2) is 0 Å². The fourth-order valence-corrected chi connectivity index (χ4v) is 3.00. The number of carbonyl (C=O) groups excluding carboxylic acids is 1. The van der Waals surface area contributed by atoms with Crippen molar-refractivity contribution >= 4 is 5.91 Å². The largest absolute Gasteiger partial charge is 0.393 e. The first kappa shape index (κ1) is 12.8. The van der Waals surface area contributed by atoms with Gasteiger partial charge >= 0.3 is 0 Å². The number of aliphatic hydroxyl groups excluding tert-OH is 1. The summed E-state index contributed by atoms with van der Waals surface area (Å²) in [6, 6.07) is 0.441. The number of hydrogen-bond acceptors (Lipinski definition) is 3. The first-order chi connectivity index (χ1) is 8.16. The maximum atomic E-state index is 12.0. The number of hydrogen-bond donors (Lipinski definition) is 3. The van der Waals surface area contributed by atoms with Crippen molar-refractivity contribution in [3.05, 3.63) is 0 Å². The molecule has 98 valence electrons. The number of rotatable bonds is 3. The Kier molecular flexibility index (Phi) is 4.40. The number of nitrogens with one attached hydrogen (secondary N) is 2. The quantitative estimate of drug-likeness (QED) is 0.679. The van der Waals surface area contributed by atoms with Crippen LogP contribution in [0.3, 0.4) is 0 Å².